The standard InChI is InChI=1S/C25H27BrN4O5/c1-2-3-4-22-27-14-21(30(22)15-16-5-7-18(8-6-16)25(33)34)24(32)28-20(13-23(31)29-35)17-9-11-19(26)12-10-17/h5-12,14,20,35H,2-4,13,15H2,1H3,(H,28,32)(H,29,31)(H,33,34). The van der Waals surface area contributed by atoms with Crippen LogP contribution in [0.3, 0.4) is 0 Å². The Hall–Kier alpha value is -3.50. The topological polar surface area (TPSA) is 134 Å². The SMILES string of the molecule is CCCCc1ncc(C(=O)NC(CC(=O)NO)c2ccc(Br)cc2)n1Cc1ccc(C(=O)O)cc1. The highest BCUT2D eigenvalue weighted by Crippen LogP contribution is 2.21. The number of hydrogen-bond donors (Lipinski definition) is 4. The van der Waals surface area contributed by atoms with Gasteiger partial charge in [-0.05, 0) is 41.8 Å². The van der Waals surface area contributed by atoms with Crippen LogP contribution in [-0.2, 0) is 17.8 Å². The first kappa shape index (κ1) is 26.1. The zero-order valence-corrected chi connectivity index (χ0v) is 20.8. The Bertz CT molecular complexity index is 1180. The molecule has 0 radical (unpaired) electrons. The number of nitrogens with zero attached hydrogens (tertiary/aromatic N) is 2. The van der Waals surface area contributed by atoms with Crippen LogP contribution in [-0.4, -0.2) is 37.6 Å². The molecule has 2 aromatic carbocycles. The number of nitrogens with one attached hydrogen (secondary N) is 2. The summed E-state index contributed by atoms with van der Waals surface area (Å²) < 4.78 is 2.66. The first-order valence-electron chi connectivity index (χ1n) is 11.2. The lowest BCUT2D eigenvalue weighted by atomic mass is 10.0. The molecule has 0 aliphatic carbocycles. The molecular weight excluding hydrogens is 516 g/mol. The van der Waals surface area contributed by atoms with Crippen LogP contribution in [0.2, 0.25) is 0 Å². The summed E-state index contributed by atoms with van der Waals surface area (Å²) in [6.07, 6.45) is 3.89. The van der Waals surface area contributed by atoms with Gasteiger partial charge in [0.1, 0.15) is 11.5 Å². The average Bonchev–Trinajstić information content (AvgIpc) is 3.25. The zero-order valence-electron chi connectivity index (χ0n) is 19.2. The highest BCUT2D eigenvalue weighted by Gasteiger charge is 2.23. The second-order valence-corrected chi connectivity index (χ2v) is 8.98. The molecule has 3 rings (SSSR count). The maximum Gasteiger partial charge on any atom is 0.335 e. The van der Waals surface area contributed by atoms with Crippen LogP contribution >= 0.6 is 15.9 Å². The number of halogens is 1. The number of carbonyl (C=O) groups excluding carboxylic acids is 2. The van der Waals surface area contributed by atoms with E-state index in [1.807, 2.05) is 4.57 Å². The molecule has 10 heteroatoms. The minimum absolute atomic E-state index is 0.155. The zero-order chi connectivity index (χ0) is 25.4. The molecule has 1 atom stereocenters. The molecule has 0 aliphatic rings. The number of hydrogen-bond acceptors (Lipinski definition) is 5. The van der Waals surface area contributed by atoms with Gasteiger partial charge in [0.05, 0.1) is 24.2 Å². The number of aromatic carboxylic acids is 1. The second kappa shape index (κ2) is 12.3. The monoisotopic (exact) mass is 542 g/mol. The maximum atomic E-state index is 13.4. The van der Waals surface area contributed by atoms with Crippen molar-refractivity contribution in [2.45, 2.75) is 45.2 Å². The average molecular weight is 543 g/mol. The summed E-state index contributed by atoms with van der Waals surface area (Å²) in [4.78, 5) is 40.9. The van der Waals surface area contributed by atoms with Crippen LogP contribution in [0.15, 0.2) is 59.2 Å². The first-order valence-corrected chi connectivity index (χ1v) is 12.0. The van der Waals surface area contributed by atoms with Crippen molar-refractivity contribution in [1.82, 2.24) is 20.3 Å². The molecular formula is C25H27BrN4O5. The van der Waals surface area contributed by atoms with Gasteiger partial charge in [0.2, 0.25) is 5.91 Å². The number of aryl methyl sites for hydroxylation is 1. The number of carbonyl (C=O) groups is 3. The lowest BCUT2D eigenvalue weighted by molar-refractivity contribution is -0.129. The highest BCUT2D eigenvalue weighted by atomic mass is 79.9. The third kappa shape index (κ3) is 7.00. The minimum atomic E-state index is -1.01. The van der Waals surface area contributed by atoms with Crippen LogP contribution in [0.25, 0.3) is 0 Å². The van der Waals surface area contributed by atoms with Crippen molar-refractivity contribution in [2.75, 3.05) is 0 Å². The largest absolute Gasteiger partial charge is 0.478 e. The molecule has 1 aromatic heterocycles. The van der Waals surface area contributed by atoms with Gasteiger partial charge >= 0.3 is 5.97 Å². The number of benzene rings is 2. The summed E-state index contributed by atoms with van der Waals surface area (Å²) in [5.74, 6) is -1.31. The van der Waals surface area contributed by atoms with Crippen LogP contribution in [0.1, 0.15) is 70.0 Å². The predicted molar refractivity (Wildman–Crippen MR) is 132 cm³/mol. The second-order valence-electron chi connectivity index (χ2n) is 8.07. The van der Waals surface area contributed by atoms with E-state index in [1.54, 1.807) is 41.9 Å². The van der Waals surface area contributed by atoms with Gasteiger partial charge in [-0.25, -0.2) is 15.3 Å². The molecule has 35 heavy (non-hydrogen) atoms. The van der Waals surface area contributed by atoms with Gasteiger partial charge < -0.3 is 15.0 Å². The molecule has 1 heterocycles. The highest BCUT2D eigenvalue weighted by molar-refractivity contribution is 9.10. The van der Waals surface area contributed by atoms with E-state index in [1.165, 1.54) is 18.3 Å². The van der Waals surface area contributed by atoms with Gasteiger partial charge in [0.15, 0.2) is 0 Å². The van der Waals surface area contributed by atoms with Gasteiger partial charge in [0.25, 0.3) is 5.91 Å². The Morgan fingerprint density at radius 2 is 1.77 bits per heavy atom. The quantitative estimate of drug-likeness (QED) is 0.213. The molecule has 0 aliphatic heterocycles. The Kier molecular flexibility index (Phi) is 9.16. The van der Waals surface area contributed by atoms with E-state index in [0.717, 1.165) is 28.7 Å². The van der Waals surface area contributed by atoms with Gasteiger partial charge in [0, 0.05) is 17.4 Å². The van der Waals surface area contributed by atoms with Crippen LogP contribution < -0.4 is 10.8 Å². The van der Waals surface area contributed by atoms with E-state index in [2.05, 4.69) is 33.2 Å². The molecule has 9 nitrogen and oxygen atoms in total. The number of rotatable bonds is 11. The number of carboxylic acids is 1. The lowest BCUT2D eigenvalue weighted by Gasteiger charge is -2.19. The van der Waals surface area contributed by atoms with E-state index in [0.29, 0.717) is 24.2 Å². The maximum absolute atomic E-state index is 13.4. The number of imidazole rings is 1. The molecule has 1 unspecified atom stereocenters. The van der Waals surface area contributed by atoms with Crippen molar-refractivity contribution in [2.24, 2.45) is 0 Å². The van der Waals surface area contributed by atoms with E-state index in [-0.39, 0.29) is 12.0 Å². The molecule has 2 amide bonds. The fourth-order valence-corrected chi connectivity index (χ4v) is 3.92. The van der Waals surface area contributed by atoms with Crippen LogP contribution in [0, 0.1) is 0 Å². The normalized spacial score (nSPS) is 11.6. The summed E-state index contributed by atoms with van der Waals surface area (Å²) in [7, 11) is 0. The number of aromatic nitrogens is 2. The number of carboxylic acid groups (broad SMARTS) is 1. The van der Waals surface area contributed by atoms with Crippen molar-refractivity contribution in [3.05, 3.63) is 87.4 Å². The van der Waals surface area contributed by atoms with Crippen molar-refractivity contribution in [3.63, 3.8) is 0 Å². The Balaban J connectivity index is 1.90. The Morgan fingerprint density at radius 3 is 2.37 bits per heavy atom. The van der Waals surface area contributed by atoms with Crippen LogP contribution in [0.5, 0.6) is 0 Å². The van der Waals surface area contributed by atoms with Crippen molar-refractivity contribution in [3.8, 4) is 0 Å². The van der Waals surface area contributed by atoms with Crippen molar-refractivity contribution < 1.29 is 24.7 Å². The molecule has 0 spiro atoms. The summed E-state index contributed by atoms with van der Waals surface area (Å²) in [5.41, 5.74) is 3.65. The van der Waals surface area contributed by atoms with E-state index >= 15 is 0 Å². The third-order valence-electron chi connectivity index (χ3n) is 5.56. The smallest absolute Gasteiger partial charge is 0.335 e. The molecule has 3 aromatic rings. The number of hydroxylamine groups is 1. The molecule has 0 saturated carbocycles. The summed E-state index contributed by atoms with van der Waals surface area (Å²) >= 11 is 3.37. The predicted octanol–water partition coefficient (Wildman–Crippen LogP) is 4.10. The molecule has 0 bridgehead atoms. The van der Waals surface area contributed by atoms with Crippen LogP contribution in [0.4, 0.5) is 0 Å². The fourth-order valence-electron chi connectivity index (χ4n) is 3.65. The Morgan fingerprint density at radius 1 is 1.09 bits per heavy atom. The number of amides is 2. The molecule has 0 saturated heterocycles. The first-order chi connectivity index (χ1) is 16.8. The minimum Gasteiger partial charge on any atom is -0.478 e. The Labute approximate surface area is 211 Å². The third-order valence-corrected chi connectivity index (χ3v) is 6.09. The van der Waals surface area contributed by atoms with E-state index < -0.39 is 23.8 Å². The van der Waals surface area contributed by atoms with E-state index in [9.17, 15) is 14.4 Å². The summed E-state index contributed by atoms with van der Waals surface area (Å²) in [6, 6.07) is 13.0. The van der Waals surface area contributed by atoms with E-state index in [4.69, 9.17) is 10.3 Å². The van der Waals surface area contributed by atoms with Crippen molar-refractivity contribution in [1.29, 1.82) is 0 Å². The fraction of sp³-hybridized carbons (Fsp3) is 0.280. The molecule has 184 valence electrons. The van der Waals surface area contributed by atoms with Gasteiger partial charge in [-0.1, -0.05) is 53.5 Å². The molecule has 4 N–H and O–H groups in total. The molecule has 0 fully saturated rings. The van der Waals surface area contributed by atoms with Gasteiger partial charge in [-0.15, -0.1) is 0 Å². The summed E-state index contributed by atoms with van der Waals surface area (Å²) in [5, 5.41) is 21.0. The van der Waals surface area contributed by atoms with Gasteiger partial charge in [-0.3, -0.25) is 14.8 Å². The van der Waals surface area contributed by atoms with Crippen molar-refractivity contribution >= 4 is 33.7 Å². The lowest BCUT2D eigenvalue weighted by Crippen LogP contribution is -2.34. The number of unbranched alkanes of at least 4 members (excludes halogenated alkanes) is 1. The van der Waals surface area contributed by atoms with Gasteiger partial charge in [-0.2, -0.15) is 0 Å². The summed E-state index contributed by atoms with van der Waals surface area (Å²) in [6.45, 7) is 2.41.